The zero-order valence-electron chi connectivity index (χ0n) is 12.0. The van der Waals surface area contributed by atoms with Gasteiger partial charge in [-0.15, -0.1) is 0 Å². The van der Waals surface area contributed by atoms with E-state index in [0.29, 0.717) is 5.92 Å². The monoisotopic (exact) mass is 258 g/mol. The van der Waals surface area contributed by atoms with Gasteiger partial charge < -0.3 is 19.7 Å². The van der Waals surface area contributed by atoms with Gasteiger partial charge in [0, 0.05) is 26.7 Å². The van der Waals surface area contributed by atoms with Gasteiger partial charge in [0.25, 0.3) is 0 Å². The number of ether oxygens (including phenoxy) is 2. The molecule has 106 valence electrons. The Morgan fingerprint density at radius 2 is 2.17 bits per heavy atom. The van der Waals surface area contributed by atoms with Crippen LogP contribution in [0.4, 0.5) is 4.79 Å². The second-order valence-corrected chi connectivity index (χ2v) is 5.78. The highest BCUT2D eigenvalue weighted by molar-refractivity contribution is 5.68. The number of carbonyl (C=O) groups is 1. The van der Waals surface area contributed by atoms with Crippen LogP contribution in [0.25, 0.3) is 0 Å². The second kappa shape index (κ2) is 6.95. The van der Waals surface area contributed by atoms with Gasteiger partial charge in [0.15, 0.2) is 0 Å². The van der Waals surface area contributed by atoms with Gasteiger partial charge >= 0.3 is 6.09 Å². The lowest BCUT2D eigenvalue weighted by molar-refractivity contribution is 0.0288. The number of amides is 1. The van der Waals surface area contributed by atoms with E-state index in [9.17, 15) is 4.79 Å². The zero-order chi connectivity index (χ0) is 13.6. The fraction of sp³-hybridized carbons (Fsp3) is 0.923. The molecule has 0 aliphatic carbocycles. The number of nitrogens with zero attached hydrogens (tertiary/aromatic N) is 1. The summed E-state index contributed by atoms with van der Waals surface area (Å²) in [6.45, 7) is 9.78. The summed E-state index contributed by atoms with van der Waals surface area (Å²) in [4.78, 5) is 13.6. The Kier molecular flexibility index (Phi) is 5.88. The van der Waals surface area contributed by atoms with Gasteiger partial charge in [-0.05, 0) is 39.7 Å². The highest BCUT2D eigenvalue weighted by Gasteiger charge is 2.29. The topological polar surface area (TPSA) is 50.8 Å². The number of rotatable bonds is 5. The first-order valence-electron chi connectivity index (χ1n) is 6.60. The second-order valence-electron chi connectivity index (χ2n) is 5.78. The van der Waals surface area contributed by atoms with E-state index in [1.807, 2.05) is 20.8 Å². The average Bonchev–Trinajstić information content (AvgIpc) is 2.71. The predicted octanol–water partition coefficient (Wildman–Crippen LogP) is 1.48. The van der Waals surface area contributed by atoms with Crippen LogP contribution in [0, 0.1) is 5.92 Å². The minimum Gasteiger partial charge on any atom is -0.444 e. The van der Waals surface area contributed by atoms with Crippen molar-refractivity contribution >= 4 is 6.09 Å². The molecule has 0 radical (unpaired) electrons. The van der Waals surface area contributed by atoms with Crippen LogP contribution in [0.1, 0.15) is 27.2 Å². The van der Waals surface area contributed by atoms with E-state index in [4.69, 9.17) is 9.47 Å². The van der Waals surface area contributed by atoms with Crippen LogP contribution in [0.2, 0.25) is 0 Å². The van der Waals surface area contributed by atoms with E-state index < -0.39 is 5.60 Å². The molecule has 0 bridgehead atoms. The van der Waals surface area contributed by atoms with E-state index >= 15 is 0 Å². The molecular weight excluding hydrogens is 232 g/mol. The molecule has 5 heteroatoms. The van der Waals surface area contributed by atoms with Gasteiger partial charge in [0.05, 0.1) is 6.61 Å². The maximum absolute atomic E-state index is 11.8. The molecule has 5 nitrogen and oxygen atoms in total. The molecular formula is C13H26N2O3. The quantitative estimate of drug-likeness (QED) is 0.759. The fourth-order valence-corrected chi connectivity index (χ4v) is 1.97. The molecule has 1 heterocycles. The summed E-state index contributed by atoms with van der Waals surface area (Å²) in [6, 6.07) is 0. The van der Waals surface area contributed by atoms with Crippen molar-refractivity contribution < 1.29 is 14.3 Å². The Morgan fingerprint density at radius 3 is 2.78 bits per heavy atom. The number of hydrogen-bond acceptors (Lipinski definition) is 4. The molecule has 1 aliphatic rings. The third-order valence-corrected chi connectivity index (χ3v) is 2.85. The molecule has 1 rings (SSSR count). The summed E-state index contributed by atoms with van der Waals surface area (Å²) in [5.41, 5.74) is -0.411. The van der Waals surface area contributed by atoms with Crippen LogP contribution in [0.5, 0.6) is 0 Å². The number of carbonyl (C=O) groups excluding carboxylic acids is 1. The number of nitrogens with one attached hydrogen (secondary N) is 1. The summed E-state index contributed by atoms with van der Waals surface area (Å²) >= 11 is 0. The third-order valence-electron chi connectivity index (χ3n) is 2.85. The summed E-state index contributed by atoms with van der Waals surface area (Å²) in [5, 5.41) is 3.33. The molecule has 1 atom stereocenters. The molecule has 0 unspecified atom stereocenters. The van der Waals surface area contributed by atoms with Gasteiger partial charge in [0.2, 0.25) is 0 Å². The van der Waals surface area contributed by atoms with Crippen molar-refractivity contribution in [2.75, 3.05) is 39.9 Å². The Hall–Kier alpha value is -0.810. The lowest BCUT2D eigenvalue weighted by Crippen LogP contribution is -2.36. The van der Waals surface area contributed by atoms with Crippen molar-refractivity contribution in [3.63, 3.8) is 0 Å². The predicted molar refractivity (Wildman–Crippen MR) is 70.7 cm³/mol. The SMILES string of the molecule is COCCNC[C@H]1CCN(C(=O)OC(C)(C)C)C1. The molecule has 0 aromatic rings. The van der Waals surface area contributed by atoms with Crippen LogP contribution in [-0.4, -0.2) is 56.5 Å². The summed E-state index contributed by atoms with van der Waals surface area (Å²) in [5.74, 6) is 0.523. The van der Waals surface area contributed by atoms with Crippen molar-refractivity contribution in [1.82, 2.24) is 10.2 Å². The van der Waals surface area contributed by atoms with Crippen molar-refractivity contribution in [3.05, 3.63) is 0 Å². The number of methoxy groups -OCH3 is 1. The minimum atomic E-state index is -0.411. The normalized spacial score (nSPS) is 20.2. The largest absolute Gasteiger partial charge is 0.444 e. The molecule has 0 saturated carbocycles. The lowest BCUT2D eigenvalue weighted by atomic mass is 10.1. The first-order chi connectivity index (χ1) is 8.42. The lowest BCUT2D eigenvalue weighted by Gasteiger charge is -2.24. The van der Waals surface area contributed by atoms with Crippen LogP contribution in [0.3, 0.4) is 0 Å². The van der Waals surface area contributed by atoms with Gasteiger partial charge in [-0.1, -0.05) is 0 Å². The molecule has 0 aromatic carbocycles. The van der Waals surface area contributed by atoms with E-state index in [2.05, 4.69) is 5.32 Å². The van der Waals surface area contributed by atoms with E-state index in [1.54, 1.807) is 12.0 Å². The minimum absolute atomic E-state index is 0.193. The van der Waals surface area contributed by atoms with E-state index in [0.717, 1.165) is 39.2 Å². The molecule has 1 N–H and O–H groups in total. The smallest absolute Gasteiger partial charge is 0.410 e. The zero-order valence-corrected chi connectivity index (χ0v) is 12.0. The highest BCUT2D eigenvalue weighted by atomic mass is 16.6. The molecule has 18 heavy (non-hydrogen) atoms. The first kappa shape index (κ1) is 15.2. The molecule has 0 spiro atoms. The van der Waals surface area contributed by atoms with Crippen molar-refractivity contribution in [1.29, 1.82) is 0 Å². The van der Waals surface area contributed by atoms with Gasteiger partial charge in [-0.3, -0.25) is 0 Å². The van der Waals surface area contributed by atoms with Crippen molar-refractivity contribution in [3.8, 4) is 0 Å². The Morgan fingerprint density at radius 1 is 1.44 bits per heavy atom. The van der Waals surface area contributed by atoms with E-state index in [-0.39, 0.29) is 6.09 Å². The molecule has 0 aromatic heterocycles. The number of hydrogen-bond donors (Lipinski definition) is 1. The Labute approximate surface area is 110 Å². The molecule has 1 saturated heterocycles. The van der Waals surface area contributed by atoms with Gasteiger partial charge in [-0.2, -0.15) is 0 Å². The Balaban J connectivity index is 2.22. The van der Waals surface area contributed by atoms with Crippen molar-refractivity contribution in [2.45, 2.75) is 32.8 Å². The fourth-order valence-electron chi connectivity index (χ4n) is 1.97. The maximum Gasteiger partial charge on any atom is 0.410 e. The van der Waals surface area contributed by atoms with Crippen LogP contribution < -0.4 is 5.32 Å². The maximum atomic E-state index is 11.8. The van der Waals surface area contributed by atoms with Gasteiger partial charge in [-0.25, -0.2) is 4.79 Å². The van der Waals surface area contributed by atoms with Crippen LogP contribution in [-0.2, 0) is 9.47 Å². The van der Waals surface area contributed by atoms with Gasteiger partial charge in [0.1, 0.15) is 5.60 Å². The standard InChI is InChI=1S/C13H26N2O3/c1-13(2,3)18-12(16)15-7-5-11(10-15)9-14-6-8-17-4/h11,14H,5-10H2,1-4H3/t11-/m1/s1. The molecule has 1 aliphatic heterocycles. The summed E-state index contributed by atoms with van der Waals surface area (Å²) in [6.07, 6.45) is 0.848. The molecule has 1 amide bonds. The Bertz CT molecular complexity index is 263. The molecule has 1 fully saturated rings. The van der Waals surface area contributed by atoms with E-state index in [1.165, 1.54) is 0 Å². The first-order valence-corrected chi connectivity index (χ1v) is 6.60. The third kappa shape index (κ3) is 5.69. The summed E-state index contributed by atoms with van der Waals surface area (Å²) < 4.78 is 10.3. The summed E-state index contributed by atoms with van der Waals surface area (Å²) in [7, 11) is 1.70. The average molecular weight is 258 g/mol. The number of likely N-dealkylation sites (tertiary alicyclic amines) is 1. The van der Waals surface area contributed by atoms with Crippen LogP contribution in [0.15, 0.2) is 0 Å². The van der Waals surface area contributed by atoms with Crippen LogP contribution >= 0.6 is 0 Å². The van der Waals surface area contributed by atoms with Crippen molar-refractivity contribution in [2.24, 2.45) is 5.92 Å². The highest BCUT2D eigenvalue weighted by Crippen LogP contribution is 2.18.